The maximum Gasteiger partial charge on any atom is 0.169 e. The average Bonchev–Trinajstić information content (AvgIpc) is 2.70. The van der Waals surface area contributed by atoms with Crippen LogP contribution in [-0.2, 0) is 9.47 Å². The van der Waals surface area contributed by atoms with Crippen LogP contribution < -0.4 is 5.32 Å². The molecule has 0 aromatic carbocycles. The van der Waals surface area contributed by atoms with Gasteiger partial charge in [0.25, 0.3) is 0 Å². The van der Waals surface area contributed by atoms with Gasteiger partial charge in [-0.3, -0.25) is 4.90 Å². The molecule has 4 heteroatoms. The highest BCUT2D eigenvalue weighted by molar-refractivity contribution is 4.95. The first-order chi connectivity index (χ1) is 8.26. The summed E-state index contributed by atoms with van der Waals surface area (Å²) in [6, 6.07) is 2.19. The molecule has 100 valence electrons. The highest BCUT2D eigenvalue weighted by Gasteiger charge is 2.36. The number of fused-ring (bicyclic) bond motifs is 2. The van der Waals surface area contributed by atoms with E-state index in [1.807, 2.05) is 0 Å². The summed E-state index contributed by atoms with van der Waals surface area (Å²) < 4.78 is 10.6. The van der Waals surface area contributed by atoms with E-state index >= 15 is 0 Å². The predicted molar refractivity (Wildman–Crippen MR) is 68.0 cm³/mol. The molecule has 2 unspecified atom stereocenters. The zero-order valence-corrected chi connectivity index (χ0v) is 11.3. The molecule has 17 heavy (non-hydrogen) atoms. The van der Waals surface area contributed by atoms with Crippen LogP contribution in [0.4, 0.5) is 0 Å². The molecule has 0 aromatic rings. The van der Waals surface area contributed by atoms with Crippen molar-refractivity contribution < 1.29 is 9.47 Å². The van der Waals surface area contributed by atoms with E-state index < -0.39 is 0 Å². The third kappa shape index (κ3) is 3.19. The van der Waals surface area contributed by atoms with Crippen molar-refractivity contribution >= 4 is 0 Å². The first-order valence-corrected chi connectivity index (χ1v) is 6.82. The molecule has 2 atom stereocenters. The molecule has 2 saturated heterocycles. The van der Waals surface area contributed by atoms with E-state index in [0.717, 1.165) is 25.2 Å². The van der Waals surface area contributed by atoms with Gasteiger partial charge < -0.3 is 14.8 Å². The number of rotatable bonds is 6. The molecule has 0 amide bonds. The Morgan fingerprint density at radius 2 is 1.76 bits per heavy atom. The number of hydrogen-bond acceptors (Lipinski definition) is 4. The standard InChI is InChI=1S/C13H26N2O2/c1-4-15(9-13(16-2)17-3)12-7-10-5-6-11(8-12)14-10/h10-14H,4-9H2,1-3H3. The monoisotopic (exact) mass is 242 g/mol. The minimum atomic E-state index is -0.0949. The fourth-order valence-electron chi connectivity index (χ4n) is 3.30. The number of hydrogen-bond donors (Lipinski definition) is 1. The smallest absolute Gasteiger partial charge is 0.169 e. The van der Waals surface area contributed by atoms with Crippen molar-refractivity contribution in [3.8, 4) is 0 Å². The molecular weight excluding hydrogens is 216 g/mol. The Labute approximate surface area is 105 Å². The van der Waals surface area contributed by atoms with Gasteiger partial charge in [-0.15, -0.1) is 0 Å². The second-order valence-electron chi connectivity index (χ2n) is 5.25. The van der Waals surface area contributed by atoms with Gasteiger partial charge in [-0.25, -0.2) is 0 Å². The summed E-state index contributed by atoms with van der Waals surface area (Å²) in [7, 11) is 3.43. The van der Waals surface area contributed by atoms with Gasteiger partial charge in [0.15, 0.2) is 6.29 Å². The lowest BCUT2D eigenvalue weighted by Gasteiger charge is -2.38. The molecule has 2 aliphatic heterocycles. The molecule has 0 spiro atoms. The zero-order chi connectivity index (χ0) is 12.3. The molecule has 2 rings (SSSR count). The van der Waals surface area contributed by atoms with Crippen LogP contribution in [0.2, 0.25) is 0 Å². The SMILES string of the molecule is CCN(CC(OC)OC)C1CC2CCC(C1)N2. The fourth-order valence-corrected chi connectivity index (χ4v) is 3.30. The van der Waals surface area contributed by atoms with E-state index in [2.05, 4.69) is 17.1 Å². The lowest BCUT2D eigenvalue weighted by Crippen LogP contribution is -2.50. The Kier molecular flexibility index (Phi) is 4.79. The quantitative estimate of drug-likeness (QED) is 0.710. The van der Waals surface area contributed by atoms with Crippen molar-refractivity contribution in [2.24, 2.45) is 0 Å². The van der Waals surface area contributed by atoms with Crippen LogP contribution in [0.1, 0.15) is 32.6 Å². The predicted octanol–water partition coefficient (Wildman–Crippen LogP) is 1.21. The third-order valence-electron chi connectivity index (χ3n) is 4.28. The summed E-state index contributed by atoms with van der Waals surface area (Å²) in [5.74, 6) is 0. The highest BCUT2D eigenvalue weighted by atomic mass is 16.7. The molecule has 0 aromatic heterocycles. The van der Waals surface area contributed by atoms with Crippen LogP contribution in [-0.4, -0.2) is 56.6 Å². The van der Waals surface area contributed by atoms with Gasteiger partial charge in [-0.2, -0.15) is 0 Å². The number of nitrogens with one attached hydrogen (secondary N) is 1. The average molecular weight is 242 g/mol. The Hall–Kier alpha value is -0.160. The Bertz CT molecular complexity index is 221. The molecule has 0 aliphatic carbocycles. The van der Waals surface area contributed by atoms with E-state index in [0.29, 0.717) is 6.04 Å². The third-order valence-corrected chi connectivity index (χ3v) is 4.28. The summed E-state index contributed by atoms with van der Waals surface area (Å²) in [4.78, 5) is 2.52. The second kappa shape index (κ2) is 6.14. The second-order valence-corrected chi connectivity index (χ2v) is 5.25. The molecule has 0 radical (unpaired) electrons. The number of methoxy groups -OCH3 is 2. The number of piperidine rings is 1. The summed E-state index contributed by atoms with van der Waals surface area (Å²) in [6.45, 7) is 4.19. The van der Waals surface area contributed by atoms with Gasteiger partial charge >= 0.3 is 0 Å². The lowest BCUT2D eigenvalue weighted by atomic mass is 9.98. The molecule has 1 N–H and O–H groups in total. The van der Waals surface area contributed by atoms with E-state index in [-0.39, 0.29) is 6.29 Å². The van der Waals surface area contributed by atoms with Crippen LogP contribution in [0.3, 0.4) is 0 Å². The Morgan fingerprint density at radius 1 is 1.18 bits per heavy atom. The van der Waals surface area contributed by atoms with Crippen LogP contribution in [0, 0.1) is 0 Å². The van der Waals surface area contributed by atoms with Gasteiger partial charge in [0.05, 0.1) is 0 Å². The van der Waals surface area contributed by atoms with Crippen molar-refractivity contribution in [1.82, 2.24) is 10.2 Å². The molecular formula is C13H26N2O2. The number of ether oxygens (including phenoxy) is 2. The van der Waals surface area contributed by atoms with Gasteiger partial charge in [0, 0.05) is 38.9 Å². The molecule has 4 nitrogen and oxygen atoms in total. The normalized spacial score (nSPS) is 32.6. The zero-order valence-electron chi connectivity index (χ0n) is 11.3. The summed E-state index contributed by atoms with van der Waals surface area (Å²) >= 11 is 0. The van der Waals surface area contributed by atoms with Crippen molar-refractivity contribution in [3.63, 3.8) is 0 Å². The molecule has 2 heterocycles. The number of nitrogens with zero attached hydrogens (tertiary/aromatic N) is 1. The van der Waals surface area contributed by atoms with Crippen molar-refractivity contribution in [3.05, 3.63) is 0 Å². The molecule has 0 saturated carbocycles. The molecule has 2 fully saturated rings. The fraction of sp³-hybridized carbons (Fsp3) is 1.00. The molecule has 2 bridgehead atoms. The molecule has 2 aliphatic rings. The first kappa shape index (κ1) is 13.3. The van der Waals surface area contributed by atoms with Gasteiger partial charge in [0.1, 0.15) is 0 Å². The van der Waals surface area contributed by atoms with Crippen LogP contribution in [0.25, 0.3) is 0 Å². The van der Waals surface area contributed by atoms with Gasteiger partial charge in [0.2, 0.25) is 0 Å². The van der Waals surface area contributed by atoms with Crippen molar-refractivity contribution in [1.29, 1.82) is 0 Å². The van der Waals surface area contributed by atoms with Crippen LogP contribution >= 0.6 is 0 Å². The highest BCUT2D eigenvalue weighted by Crippen LogP contribution is 2.29. The Balaban J connectivity index is 1.89. The van der Waals surface area contributed by atoms with E-state index in [1.54, 1.807) is 14.2 Å². The largest absolute Gasteiger partial charge is 0.355 e. The maximum atomic E-state index is 5.31. The Morgan fingerprint density at radius 3 is 2.24 bits per heavy atom. The van der Waals surface area contributed by atoms with Crippen molar-refractivity contribution in [2.75, 3.05) is 27.3 Å². The van der Waals surface area contributed by atoms with E-state index in [4.69, 9.17) is 9.47 Å². The minimum Gasteiger partial charge on any atom is -0.355 e. The van der Waals surface area contributed by atoms with E-state index in [1.165, 1.54) is 25.7 Å². The van der Waals surface area contributed by atoms with Gasteiger partial charge in [-0.1, -0.05) is 6.92 Å². The lowest BCUT2D eigenvalue weighted by molar-refractivity contribution is -0.121. The van der Waals surface area contributed by atoms with Gasteiger partial charge in [-0.05, 0) is 32.2 Å². The van der Waals surface area contributed by atoms with E-state index in [9.17, 15) is 0 Å². The first-order valence-electron chi connectivity index (χ1n) is 6.82. The minimum absolute atomic E-state index is 0.0949. The summed E-state index contributed by atoms with van der Waals surface area (Å²) in [5.41, 5.74) is 0. The van der Waals surface area contributed by atoms with Crippen LogP contribution in [0.15, 0.2) is 0 Å². The summed E-state index contributed by atoms with van der Waals surface area (Å²) in [5, 5.41) is 3.69. The van der Waals surface area contributed by atoms with Crippen molar-refractivity contribution in [2.45, 2.75) is 57.0 Å². The maximum absolute atomic E-state index is 5.31. The van der Waals surface area contributed by atoms with Crippen LogP contribution in [0.5, 0.6) is 0 Å². The summed E-state index contributed by atoms with van der Waals surface area (Å²) in [6.07, 6.45) is 5.19. The topological polar surface area (TPSA) is 33.7 Å². The number of likely N-dealkylation sites (N-methyl/N-ethyl adjacent to an activating group) is 1.